The van der Waals surface area contributed by atoms with Gasteiger partial charge in [-0.3, -0.25) is 14.9 Å². The number of ether oxygens (including phenoxy) is 1. The number of alkyl halides is 1. The van der Waals surface area contributed by atoms with Gasteiger partial charge in [-0.25, -0.2) is 0 Å². The van der Waals surface area contributed by atoms with Crippen LogP contribution in [-0.4, -0.2) is 16.8 Å². The molecule has 1 aromatic rings. The van der Waals surface area contributed by atoms with Gasteiger partial charge in [0.1, 0.15) is 0 Å². The number of carbonyl (C=O) groups is 1. The summed E-state index contributed by atoms with van der Waals surface area (Å²) in [5.74, 6) is -0.201. The number of hydrogen-bond acceptors (Lipinski definition) is 4. The summed E-state index contributed by atoms with van der Waals surface area (Å²) in [5, 5.41) is 10.6. The minimum atomic E-state index is -0.593. The number of halogens is 1. The minimum Gasteiger partial charge on any atom is -0.419 e. The quantitative estimate of drug-likeness (QED) is 0.262. The number of nitrogens with zero attached hydrogens (tertiary/aromatic N) is 1. The highest BCUT2D eigenvalue weighted by atomic mass is 35.5. The number of para-hydroxylation sites is 2. The molecule has 6 heteroatoms. The minimum absolute atomic E-state index is 0.0351. The zero-order valence-corrected chi connectivity index (χ0v) is 9.14. The van der Waals surface area contributed by atoms with E-state index in [4.69, 9.17) is 16.3 Å². The predicted molar refractivity (Wildman–Crippen MR) is 58.7 cm³/mol. The molecule has 1 aromatic carbocycles. The molecule has 86 valence electrons. The molecular weight excluding hydrogens is 234 g/mol. The first-order valence-electron chi connectivity index (χ1n) is 4.65. The largest absolute Gasteiger partial charge is 0.419 e. The Hall–Kier alpha value is -1.62. The molecule has 0 fully saturated rings. The van der Waals surface area contributed by atoms with Crippen molar-refractivity contribution in [2.45, 2.75) is 12.8 Å². The van der Waals surface area contributed by atoms with Crippen LogP contribution >= 0.6 is 11.6 Å². The Morgan fingerprint density at radius 1 is 1.44 bits per heavy atom. The van der Waals surface area contributed by atoms with E-state index in [0.29, 0.717) is 12.3 Å². The van der Waals surface area contributed by atoms with Gasteiger partial charge in [0.2, 0.25) is 5.75 Å². The smallest absolute Gasteiger partial charge is 0.311 e. The third kappa shape index (κ3) is 3.51. The Morgan fingerprint density at radius 3 is 2.75 bits per heavy atom. The maximum absolute atomic E-state index is 11.2. The molecule has 0 atom stereocenters. The molecule has 0 amide bonds. The van der Waals surface area contributed by atoms with Crippen LogP contribution in [0.2, 0.25) is 0 Å². The van der Waals surface area contributed by atoms with Crippen molar-refractivity contribution in [1.82, 2.24) is 0 Å². The first kappa shape index (κ1) is 12.4. The predicted octanol–water partition coefficient (Wildman–Crippen LogP) is 2.52. The van der Waals surface area contributed by atoms with Gasteiger partial charge in [-0.2, -0.15) is 0 Å². The van der Waals surface area contributed by atoms with Gasteiger partial charge in [0.05, 0.1) is 4.92 Å². The van der Waals surface area contributed by atoms with E-state index in [9.17, 15) is 14.9 Å². The number of hydrogen-bond donors (Lipinski definition) is 0. The number of benzene rings is 1. The number of rotatable bonds is 5. The van der Waals surface area contributed by atoms with E-state index in [1.165, 1.54) is 18.2 Å². The van der Waals surface area contributed by atoms with Gasteiger partial charge in [0, 0.05) is 18.4 Å². The zero-order chi connectivity index (χ0) is 12.0. The molecule has 0 aliphatic heterocycles. The first-order chi connectivity index (χ1) is 7.65. The Bertz CT molecular complexity index is 394. The van der Waals surface area contributed by atoms with Crippen molar-refractivity contribution in [3.8, 4) is 5.75 Å². The molecule has 0 saturated heterocycles. The molecule has 0 aliphatic rings. The summed E-state index contributed by atoms with van der Waals surface area (Å²) in [7, 11) is 0. The summed E-state index contributed by atoms with van der Waals surface area (Å²) in [6.45, 7) is 0. The van der Waals surface area contributed by atoms with E-state index in [1.807, 2.05) is 0 Å². The van der Waals surface area contributed by atoms with Crippen LogP contribution in [0.25, 0.3) is 0 Å². The molecule has 0 aliphatic carbocycles. The summed E-state index contributed by atoms with van der Waals surface area (Å²) in [4.78, 5) is 21.3. The number of nitro groups is 1. The molecule has 0 spiro atoms. The fourth-order valence-corrected chi connectivity index (χ4v) is 1.21. The van der Waals surface area contributed by atoms with Crippen LogP contribution < -0.4 is 4.74 Å². The van der Waals surface area contributed by atoms with Crippen molar-refractivity contribution < 1.29 is 14.5 Å². The van der Waals surface area contributed by atoms with Crippen LogP contribution in [0.4, 0.5) is 5.69 Å². The van der Waals surface area contributed by atoms with E-state index in [0.717, 1.165) is 0 Å². The highest BCUT2D eigenvalue weighted by molar-refractivity contribution is 6.17. The van der Waals surface area contributed by atoms with Crippen LogP contribution in [0.3, 0.4) is 0 Å². The van der Waals surface area contributed by atoms with Crippen molar-refractivity contribution in [1.29, 1.82) is 0 Å². The Balaban J connectivity index is 2.73. The second-order valence-corrected chi connectivity index (χ2v) is 3.37. The molecular formula is C10H10ClNO4. The van der Waals surface area contributed by atoms with Gasteiger partial charge in [0.15, 0.2) is 0 Å². The fraction of sp³-hybridized carbons (Fsp3) is 0.300. The van der Waals surface area contributed by atoms with Crippen molar-refractivity contribution in [3.63, 3.8) is 0 Å². The van der Waals surface area contributed by atoms with Gasteiger partial charge >= 0.3 is 11.7 Å². The lowest BCUT2D eigenvalue weighted by Crippen LogP contribution is -2.09. The Labute approximate surface area is 97.1 Å². The molecule has 0 radical (unpaired) electrons. The average Bonchev–Trinajstić information content (AvgIpc) is 2.27. The molecule has 5 nitrogen and oxygen atoms in total. The van der Waals surface area contributed by atoms with Crippen LogP contribution in [0.5, 0.6) is 5.75 Å². The molecule has 0 bridgehead atoms. The monoisotopic (exact) mass is 243 g/mol. The topological polar surface area (TPSA) is 69.4 Å². The third-order valence-electron chi connectivity index (χ3n) is 1.80. The summed E-state index contributed by atoms with van der Waals surface area (Å²) >= 11 is 5.41. The second kappa shape index (κ2) is 6.07. The van der Waals surface area contributed by atoms with Crippen LogP contribution in [0.1, 0.15) is 12.8 Å². The average molecular weight is 244 g/mol. The summed E-state index contributed by atoms with van der Waals surface area (Å²) in [6.07, 6.45) is 0.635. The van der Waals surface area contributed by atoms with E-state index < -0.39 is 10.9 Å². The number of esters is 1. The van der Waals surface area contributed by atoms with Gasteiger partial charge in [0.25, 0.3) is 0 Å². The van der Waals surface area contributed by atoms with E-state index >= 15 is 0 Å². The van der Waals surface area contributed by atoms with Crippen molar-refractivity contribution in [2.24, 2.45) is 0 Å². The maximum atomic E-state index is 11.2. The standard InChI is InChI=1S/C10H10ClNO4/c11-7-3-6-10(13)16-9-5-2-1-4-8(9)12(14)15/h1-2,4-5H,3,6-7H2. The Kier molecular flexibility index (Phi) is 4.72. The molecule has 1 rings (SSSR count). The van der Waals surface area contributed by atoms with Crippen molar-refractivity contribution in [2.75, 3.05) is 5.88 Å². The van der Waals surface area contributed by atoms with Crippen LogP contribution in [-0.2, 0) is 4.79 Å². The highest BCUT2D eigenvalue weighted by Crippen LogP contribution is 2.26. The van der Waals surface area contributed by atoms with Gasteiger partial charge in [-0.05, 0) is 12.5 Å². The summed E-state index contributed by atoms with van der Waals surface area (Å²) in [6, 6.07) is 5.74. The lowest BCUT2D eigenvalue weighted by Gasteiger charge is -2.03. The second-order valence-electron chi connectivity index (χ2n) is 2.99. The van der Waals surface area contributed by atoms with Crippen molar-refractivity contribution >= 4 is 23.3 Å². The normalized spacial score (nSPS) is 9.81. The third-order valence-corrected chi connectivity index (χ3v) is 2.07. The molecule has 0 aromatic heterocycles. The lowest BCUT2D eigenvalue weighted by atomic mass is 10.3. The highest BCUT2D eigenvalue weighted by Gasteiger charge is 2.16. The van der Waals surface area contributed by atoms with Gasteiger partial charge < -0.3 is 4.74 Å². The van der Waals surface area contributed by atoms with Crippen molar-refractivity contribution in [3.05, 3.63) is 34.4 Å². The molecule has 0 N–H and O–H groups in total. The molecule has 0 unspecified atom stereocenters. The molecule has 0 saturated carbocycles. The van der Waals surface area contributed by atoms with E-state index in [1.54, 1.807) is 6.07 Å². The number of nitro benzene ring substituents is 1. The molecule has 16 heavy (non-hydrogen) atoms. The summed E-state index contributed by atoms with van der Waals surface area (Å²) < 4.78 is 4.87. The van der Waals surface area contributed by atoms with E-state index in [2.05, 4.69) is 0 Å². The Morgan fingerprint density at radius 2 is 2.12 bits per heavy atom. The SMILES string of the molecule is O=C(CCCCl)Oc1ccccc1[N+](=O)[O-]. The van der Waals surface area contributed by atoms with Gasteiger partial charge in [-0.1, -0.05) is 12.1 Å². The summed E-state index contributed by atoms with van der Waals surface area (Å²) in [5.41, 5.74) is -0.221. The fourth-order valence-electron chi connectivity index (χ4n) is 1.08. The number of carbonyl (C=O) groups excluding carboxylic acids is 1. The lowest BCUT2D eigenvalue weighted by molar-refractivity contribution is -0.385. The zero-order valence-electron chi connectivity index (χ0n) is 8.39. The maximum Gasteiger partial charge on any atom is 0.311 e. The van der Waals surface area contributed by atoms with E-state index in [-0.39, 0.29) is 17.9 Å². The van der Waals surface area contributed by atoms with Gasteiger partial charge in [-0.15, -0.1) is 11.6 Å². The first-order valence-corrected chi connectivity index (χ1v) is 5.18. The van der Waals surface area contributed by atoms with Crippen LogP contribution in [0.15, 0.2) is 24.3 Å². The van der Waals surface area contributed by atoms with Crippen LogP contribution in [0, 0.1) is 10.1 Å². The molecule has 0 heterocycles.